The van der Waals surface area contributed by atoms with Crippen LogP contribution >= 0.6 is 11.3 Å². The van der Waals surface area contributed by atoms with Crippen molar-refractivity contribution < 1.29 is 18.0 Å². The number of rotatable bonds is 5. The fourth-order valence-corrected chi connectivity index (χ4v) is 2.07. The molecule has 0 saturated heterocycles. The Morgan fingerprint density at radius 2 is 2.24 bits per heavy atom. The fourth-order valence-electron chi connectivity index (χ4n) is 1.33. The molecule has 0 amide bonds. The molecule has 0 radical (unpaired) electrons. The van der Waals surface area contributed by atoms with E-state index in [0.717, 1.165) is 6.20 Å². The summed E-state index contributed by atoms with van der Waals surface area (Å²) in [4.78, 5) is 14.9. The van der Waals surface area contributed by atoms with E-state index in [1.54, 1.807) is 0 Å². The highest BCUT2D eigenvalue weighted by molar-refractivity contribution is 7.13. The maximum absolute atomic E-state index is 12.3. The quantitative estimate of drug-likeness (QED) is 0.833. The summed E-state index contributed by atoms with van der Waals surface area (Å²) in [6.45, 7) is 4.42. The van der Waals surface area contributed by atoms with Gasteiger partial charge < -0.3 is 5.32 Å². The zero-order chi connectivity index (χ0) is 13.1. The van der Waals surface area contributed by atoms with Crippen LogP contribution in [0, 0.1) is 0 Å². The molecule has 7 heteroatoms. The highest BCUT2D eigenvalue weighted by Gasteiger charge is 2.35. The second-order valence-corrected chi connectivity index (χ2v) is 4.64. The Hall–Kier alpha value is -0.950. The zero-order valence-corrected chi connectivity index (χ0v) is 10.3. The van der Waals surface area contributed by atoms with Crippen molar-refractivity contribution in [3.8, 4) is 0 Å². The fraction of sp³-hybridized carbons (Fsp3) is 0.600. The molecule has 1 aromatic heterocycles. The van der Waals surface area contributed by atoms with Crippen LogP contribution in [-0.4, -0.2) is 23.4 Å². The Balaban J connectivity index is 2.67. The van der Waals surface area contributed by atoms with Crippen LogP contribution in [0.25, 0.3) is 0 Å². The third-order valence-electron chi connectivity index (χ3n) is 2.07. The molecule has 0 spiro atoms. The summed E-state index contributed by atoms with van der Waals surface area (Å²) in [5.74, 6) is -0.313. The number of alkyl halides is 3. The van der Waals surface area contributed by atoms with Gasteiger partial charge in [0.15, 0.2) is 10.8 Å². The predicted molar refractivity (Wildman–Crippen MR) is 59.2 cm³/mol. The zero-order valence-electron chi connectivity index (χ0n) is 9.47. The standard InChI is InChI=1S/C10H13F3N2OS/c1-3-14-6(2)4-7(16)8-5-15-9(17-8)10(11,12)13/h5-6,14H,3-4H2,1-2H3. The molecule has 0 aliphatic rings. The van der Waals surface area contributed by atoms with E-state index >= 15 is 0 Å². The molecule has 96 valence electrons. The third-order valence-corrected chi connectivity index (χ3v) is 3.15. The van der Waals surface area contributed by atoms with Gasteiger partial charge in [-0.3, -0.25) is 4.79 Å². The molecule has 0 bridgehead atoms. The first-order valence-electron chi connectivity index (χ1n) is 5.14. The summed E-state index contributed by atoms with van der Waals surface area (Å²) in [5.41, 5.74) is 0. The van der Waals surface area contributed by atoms with Gasteiger partial charge in [0.05, 0.1) is 4.88 Å². The highest BCUT2D eigenvalue weighted by atomic mass is 32.1. The van der Waals surface area contributed by atoms with Gasteiger partial charge in [-0.15, -0.1) is 11.3 Å². The molecule has 1 aromatic rings. The first kappa shape index (κ1) is 14.1. The molecule has 0 aliphatic heterocycles. The van der Waals surface area contributed by atoms with Crippen LogP contribution in [0.15, 0.2) is 6.20 Å². The van der Waals surface area contributed by atoms with E-state index in [2.05, 4.69) is 10.3 Å². The Morgan fingerprint density at radius 1 is 1.59 bits per heavy atom. The van der Waals surface area contributed by atoms with Crippen molar-refractivity contribution in [2.45, 2.75) is 32.5 Å². The normalized spacial score (nSPS) is 13.7. The molecule has 1 atom stereocenters. The van der Waals surface area contributed by atoms with Crippen LogP contribution in [0.3, 0.4) is 0 Å². The second kappa shape index (κ2) is 5.59. The van der Waals surface area contributed by atoms with Crippen molar-refractivity contribution in [1.29, 1.82) is 0 Å². The molecule has 3 nitrogen and oxygen atoms in total. The minimum Gasteiger partial charge on any atom is -0.314 e. The molecule has 17 heavy (non-hydrogen) atoms. The van der Waals surface area contributed by atoms with Gasteiger partial charge in [0.25, 0.3) is 0 Å². The third kappa shape index (κ3) is 4.08. The number of carbonyl (C=O) groups is 1. The number of nitrogens with zero attached hydrogens (tertiary/aromatic N) is 1. The van der Waals surface area contributed by atoms with E-state index in [-0.39, 0.29) is 23.1 Å². The first-order chi connectivity index (χ1) is 7.84. The van der Waals surface area contributed by atoms with Crippen molar-refractivity contribution in [1.82, 2.24) is 10.3 Å². The monoisotopic (exact) mass is 266 g/mol. The average molecular weight is 266 g/mol. The van der Waals surface area contributed by atoms with Gasteiger partial charge >= 0.3 is 6.18 Å². The van der Waals surface area contributed by atoms with Crippen molar-refractivity contribution in [3.05, 3.63) is 16.1 Å². The molecule has 0 aromatic carbocycles. The minimum absolute atomic E-state index is 0.0519. The summed E-state index contributed by atoms with van der Waals surface area (Å²) in [6.07, 6.45) is -3.31. The Bertz CT molecular complexity index is 389. The summed E-state index contributed by atoms with van der Waals surface area (Å²) in [6, 6.07) is -0.0519. The number of nitrogens with one attached hydrogen (secondary N) is 1. The number of ketones is 1. The van der Waals surface area contributed by atoms with Gasteiger partial charge in [-0.1, -0.05) is 6.92 Å². The number of aromatic nitrogens is 1. The smallest absolute Gasteiger partial charge is 0.314 e. The molecule has 0 aliphatic carbocycles. The summed E-state index contributed by atoms with van der Waals surface area (Å²) < 4.78 is 36.8. The molecule has 0 saturated carbocycles. The van der Waals surface area contributed by atoms with Crippen LogP contribution in [0.5, 0.6) is 0 Å². The summed E-state index contributed by atoms with van der Waals surface area (Å²) in [5, 5.41) is 2.05. The lowest BCUT2D eigenvalue weighted by atomic mass is 10.1. The van der Waals surface area contributed by atoms with Gasteiger partial charge in [-0.25, -0.2) is 4.98 Å². The van der Waals surface area contributed by atoms with E-state index < -0.39 is 11.2 Å². The largest absolute Gasteiger partial charge is 0.443 e. The molecular formula is C10H13F3N2OS. The lowest BCUT2D eigenvalue weighted by Gasteiger charge is -2.09. The number of carbonyl (C=O) groups excluding carboxylic acids is 1. The molecule has 1 heterocycles. The van der Waals surface area contributed by atoms with Crippen molar-refractivity contribution in [2.24, 2.45) is 0 Å². The highest BCUT2D eigenvalue weighted by Crippen LogP contribution is 2.32. The summed E-state index contributed by atoms with van der Waals surface area (Å²) in [7, 11) is 0. The molecule has 1 N–H and O–H groups in total. The maximum Gasteiger partial charge on any atom is 0.443 e. The second-order valence-electron chi connectivity index (χ2n) is 3.61. The van der Waals surface area contributed by atoms with Crippen molar-refractivity contribution in [3.63, 3.8) is 0 Å². The van der Waals surface area contributed by atoms with E-state index in [9.17, 15) is 18.0 Å². The molecular weight excluding hydrogens is 253 g/mol. The number of Topliss-reactive ketones (excluding diaryl/α,β-unsaturated/α-hetero) is 1. The first-order valence-corrected chi connectivity index (χ1v) is 5.95. The lowest BCUT2D eigenvalue weighted by Crippen LogP contribution is -2.27. The van der Waals surface area contributed by atoms with Gasteiger partial charge in [0.2, 0.25) is 0 Å². The van der Waals surface area contributed by atoms with E-state index in [0.29, 0.717) is 17.9 Å². The van der Waals surface area contributed by atoms with Crippen LogP contribution < -0.4 is 5.32 Å². The summed E-state index contributed by atoms with van der Waals surface area (Å²) >= 11 is 0.395. The van der Waals surface area contributed by atoms with E-state index in [1.165, 1.54) is 0 Å². The lowest BCUT2D eigenvalue weighted by molar-refractivity contribution is -0.137. The Morgan fingerprint density at radius 3 is 2.71 bits per heavy atom. The number of hydrogen-bond acceptors (Lipinski definition) is 4. The predicted octanol–water partition coefficient (Wildman–Crippen LogP) is 2.73. The van der Waals surface area contributed by atoms with Crippen molar-refractivity contribution >= 4 is 17.1 Å². The average Bonchev–Trinajstić information content (AvgIpc) is 2.65. The SMILES string of the molecule is CCNC(C)CC(=O)c1cnc(C(F)(F)F)s1. The Labute approximate surface area is 101 Å². The van der Waals surface area contributed by atoms with Gasteiger partial charge in [0.1, 0.15) is 0 Å². The number of hydrogen-bond donors (Lipinski definition) is 1. The topological polar surface area (TPSA) is 42.0 Å². The minimum atomic E-state index is -4.48. The maximum atomic E-state index is 12.3. The Kier molecular flexibility index (Phi) is 4.64. The van der Waals surface area contributed by atoms with E-state index in [1.807, 2.05) is 13.8 Å². The molecule has 1 rings (SSSR count). The molecule has 0 fully saturated rings. The van der Waals surface area contributed by atoms with Gasteiger partial charge in [-0.05, 0) is 13.5 Å². The number of halogens is 3. The van der Waals surface area contributed by atoms with Crippen LogP contribution in [0.4, 0.5) is 13.2 Å². The van der Waals surface area contributed by atoms with Gasteiger partial charge in [-0.2, -0.15) is 13.2 Å². The van der Waals surface area contributed by atoms with Crippen molar-refractivity contribution in [2.75, 3.05) is 6.54 Å². The van der Waals surface area contributed by atoms with E-state index in [4.69, 9.17) is 0 Å². The van der Waals surface area contributed by atoms with Crippen LogP contribution in [-0.2, 0) is 6.18 Å². The van der Waals surface area contributed by atoms with Crippen LogP contribution in [0.2, 0.25) is 0 Å². The number of thiazole rings is 1. The van der Waals surface area contributed by atoms with Crippen LogP contribution in [0.1, 0.15) is 34.9 Å². The van der Waals surface area contributed by atoms with Gasteiger partial charge in [0, 0.05) is 18.7 Å². The molecule has 1 unspecified atom stereocenters.